The van der Waals surface area contributed by atoms with Gasteiger partial charge in [0.2, 0.25) is 0 Å². The molecule has 1 amide bonds. The number of halogens is 1. The molecule has 34 heavy (non-hydrogen) atoms. The lowest BCUT2D eigenvalue weighted by atomic mass is 9.81. The maximum Gasteiger partial charge on any atom is 0.410 e. The van der Waals surface area contributed by atoms with E-state index < -0.39 is 17.0 Å². The summed E-state index contributed by atoms with van der Waals surface area (Å²) in [6, 6.07) is 3.57. The Morgan fingerprint density at radius 2 is 1.97 bits per heavy atom. The van der Waals surface area contributed by atoms with Gasteiger partial charge in [-0.1, -0.05) is 6.07 Å². The van der Waals surface area contributed by atoms with Crippen LogP contribution in [0.5, 0.6) is 0 Å². The number of aromatic nitrogens is 3. The van der Waals surface area contributed by atoms with Crippen LogP contribution in [0.1, 0.15) is 52.1 Å². The minimum atomic E-state index is -0.551. The fourth-order valence-corrected chi connectivity index (χ4v) is 4.63. The number of amides is 1. The number of carbonyl (C=O) groups excluding carboxylic acids is 2. The summed E-state index contributed by atoms with van der Waals surface area (Å²) in [6.07, 6.45) is 4.99. The van der Waals surface area contributed by atoms with Gasteiger partial charge in [0.25, 0.3) is 0 Å². The molecule has 2 aliphatic heterocycles. The first-order valence-corrected chi connectivity index (χ1v) is 11.5. The molecule has 0 radical (unpaired) electrons. The molecule has 1 atom stereocenters. The zero-order chi connectivity index (χ0) is 24.5. The number of piperidine rings is 1. The largest absolute Gasteiger partial charge is 0.444 e. The van der Waals surface area contributed by atoms with Crippen LogP contribution in [0.4, 0.5) is 9.18 Å². The Kier molecular flexibility index (Phi) is 6.47. The van der Waals surface area contributed by atoms with Gasteiger partial charge in [0.15, 0.2) is 11.6 Å². The Bertz CT molecular complexity index is 1080. The van der Waals surface area contributed by atoms with Crippen LogP contribution in [0.25, 0.3) is 5.82 Å². The van der Waals surface area contributed by atoms with E-state index in [2.05, 4.69) is 26.2 Å². The molecule has 2 aromatic rings. The number of carbonyl (C=O) groups is 1. The molecule has 4 rings (SSSR count). The second kappa shape index (κ2) is 9.19. The van der Waals surface area contributed by atoms with Crippen molar-refractivity contribution in [1.82, 2.24) is 29.9 Å². The molecule has 0 aromatic carbocycles. The summed E-state index contributed by atoms with van der Waals surface area (Å²) in [6.45, 7) is 9.91. The van der Waals surface area contributed by atoms with E-state index in [1.165, 1.54) is 10.9 Å². The van der Waals surface area contributed by atoms with E-state index in [1.807, 2.05) is 33.8 Å². The molecular weight excluding hydrogens is 439 g/mol. The van der Waals surface area contributed by atoms with Crippen LogP contribution in [0.2, 0.25) is 0 Å². The average Bonchev–Trinajstić information content (AvgIpc) is 3.24. The topological polar surface area (TPSA) is 92.6 Å². The lowest BCUT2D eigenvalue weighted by Gasteiger charge is -2.50. The number of nitrogens with one attached hydrogen (secondary N) is 1. The summed E-state index contributed by atoms with van der Waals surface area (Å²) in [4.78, 5) is 32.9. The summed E-state index contributed by atoms with van der Waals surface area (Å²) in [5, 5.41) is 7.47. The van der Waals surface area contributed by atoms with Crippen molar-refractivity contribution in [3.63, 3.8) is 0 Å². The SMILES string of the molecule is C[C@@H](c1ccc(-n2cc(F)cn2)nc1)N1CCNC2(CCN(C(=O)OC(C)(C)C)CC2)C1=C=O. The Hall–Kier alpha value is -3.23. The van der Waals surface area contributed by atoms with E-state index in [1.54, 1.807) is 17.2 Å². The Morgan fingerprint density at radius 1 is 1.24 bits per heavy atom. The third-order valence-corrected chi connectivity index (χ3v) is 6.43. The maximum atomic E-state index is 13.3. The molecule has 1 N–H and O–H groups in total. The lowest BCUT2D eigenvalue weighted by Crippen LogP contribution is -2.63. The second-order valence-corrected chi connectivity index (χ2v) is 9.85. The number of piperazine rings is 1. The average molecular weight is 471 g/mol. The van der Waals surface area contributed by atoms with Gasteiger partial charge in [-0.2, -0.15) is 5.10 Å². The van der Waals surface area contributed by atoms with Gasteiger partial charge in [0.05, 0.1) is 24.0 Å². The van der Waals surface area contributed by atoms with E-state index >= 15 is 0 Å². The molecule has 0 saturated carbocycles. The highest BCUT2D eigenvalue weighted by molar-refractivity contribution is 5.68. The predicted octanol–water partition coefficient (Wildman–Crippen LogP) is 2.86. The van der Waals surface area contributed by atoms with E-state index in [0.717, 1.165) is 11.8 Å². The third kappa shape index (κ3) is 4.83. The smallest absolute Gasteiger partial charge is 0.410 e. The molecular formula is C24H31FN6O3. The standard InChI is InChI=1S/C24H31FN6O3/c1-17(18-5-6-21(26-13-18)31-15-19(25)14-28-31)30-12-9-27-24(20(30)16-32)7-10-29(11-8-24)22(33)34-23(2,3)4/h5-6,13-15,17,27H,7-12H2,1-4H3/t17-/m0/s1. The maximum absolute atomic E-state index is 13.3. The van der Waals surface area contributed by atoms with Crippen LogP contribution in [-0.4, -0.2) is 73.9 Å². The summed E-state index contributed by atoms with van der Waals surface area (Å²) < 4.78 is 20.1. The summed E-state index contributed by atoms with van der Waals surface area (Å²) >= 11 is 0. The molecule has 1 spiro atoms. The highest BCUT2D eigenvalue weighted by Crippen LogP contribution is 2.37. The number of hydrogen-bond acceptors (Lipinski definition) is 7. The van der Waals surface area contributed by atoms with Crippen LogP contribution in [-0.2, 0) is 9.53 Å². The zero-order valence-corrected chi connectivity index (χ0v) is 20.0. The molecule has 2 saturated heterocycles. The van der Waals surface area contributed by atoms with Crippen molar-refractivity contribution in [2.75, 3.05) is 26.2 Å². The van der Waals surface area contributed by atoms with Crippen LogP contribution in [0, 0.1) is 5.82 Å². The number of rotatable bonds is 3. The molecule has 0 bridgehead atoms. The number of pyridine rings is 1. The molecule has 182 valence electrons. The van der Waals surface area contributed by atoms with Crippen molar-refractivity contribution < 1.29 is 18.7 Å². The molecule has 0 unspecified atom stereocenters. The molecule has 4 heterocycles. The van der Waals surface area contributed by atoms with Crippen molar-refractivity contribution in [1.29, 1.82) is 0 Å². The quantitative estimate of drug-likeness (QED) is 0.690. The summed E-state index contributed by atoms with van der Waals surface area (Å²) in [5.41, 5.74) is 0.415. The van der Waals surface area contributed by atoms with E-state index in [4.69, 9.17) is 4.74 Å². The Labute approximate surface area is 198 Å². The third-order valence-electron chi connectivity index (χ3n) is 6.43. The number of ether oxygens (including phenoxy) is 1. The molecule has 2 fully saturated rings. The first-order chi connectivity index (χ1) is 16.1. The minimum Gasteiger partial charge on any atom is -0.444 e. The van der Waals surface area contributed by atoms with Crippen molar-refractivity contribution in [2.24, 2.45) is 0 Å². The van der Waals surface area contributed by atoms with Crippen molar-refractivity contribution >= 4 is 12.0 Å². The Morgan fingerprint density at radius 3 is 2.53 bits per heavy atom. The van der Waals surface area contributed by atoms with Crippen molar-refractivity contribution in [2.45, 2.75) is 57.7 Å². The molecule has 0 aliphatic carbocycles. The lowest BCUT2D eigenvalue weighted by molar-refractivity contribution is 0.0127. The van der Waals surface area contributed by atoms with Crippen LogP contribution < -0.4 is 5.32 Å². The van der Waals surface area contributed by atoms with Gasteiger partial charge in [-0.3, -0.25) is 0 Å². The zero-order valence-electron chi connectivity index (χ0n) is 20.0. The first-order valence-electron chi connectivity index (χ1n) is 11.5. The van der Waals surface area contributed by atoms with Gasteiger partial charge in [-0.25, -0.2) is 23.6 Å². The second-order valence-electron chi connectivity index (χ2n) is 9.85. The Balaban J connectivity index is 1.47. The number of likely N-dealkylation sites (tertiary alicyclic amines) is 1. The fourth-order valence-electron chi connectivity index (χ4n) is 4.63. The molecule has 10 heteroatoms. The van der Waals surface area contributed by atoms with Gasteiger partial charge in [0, 0.05) is 32.4 Å². The summed E-state index contributed by atoms with van der Waals surface area (Å²) in [5.74, 6) is 2.29. The first kappa shape index (κ1) is 23.9. The van der Waals surface area contributed by atoms with Gasteiger partial charge >= 0.3 is 6.09 Å². The van der Waals surface area contributed by atoms with Crippen LogP contribution in [0.3, 0.4) is 0 Å². The number of nitrogens with zero attached hydrogens (tertiary/aromatic N) is 5. The van der Waals surface area contributed by atoms with Gasteiger partial charge in [-0.05, 0) is 52.2 Å². The number of hydrogen-bond donors (Lipinski definition) is 1. The van der Waals surface area contributed by atoms with Crippen LogP contribution in [0.15, 0.2) is 36.4 Å². The highest BCUT2D eigenvalue weighted by atomic mass is 19.1. The minimum absolute atomic E-state index is 0.116. The van der Waals surface area contributed by atoms with Crippen molar-refractivity contribution in [3.8, 4) is 5.82 Å². The molecule has 9 nitrogen and oxygen atoms in total. The van der Waals surface area contributed by atoms with Crippen molar-refractivity contribution in [3.05, 3.63) is 47.8 Å². The monoisotopic (exact) mass is 470 g/mol. The fraction of sp³-hybridized carbons (Fsp3) is 0.542. The normalized spacial score (nSPS) is 19.1. The van der Waals surface area contributed by atoms with E-state index in [0.29, 0.717) is 50.5 Å². The van der Waals surface area contributed by atoms with Gasteiger partial charge < -0.3 is 19.9 Å². The highest BCUT2D eigenvalue weighted by Gasteiger charge is 2.45. The predicted molar refractivity (Wildman–Crippen MR) is 123 cm³/mol. The summed E-state index contributed by atoms with van der Waals surface area (Å²) in [7, 11) is 0. The molecule has 2 aromatic heterocycles. The van der Waals surface area contributed by atoms with E-state index in [9.17, 15) is 14.0 Å². The van der Waals surface area contributed by atoms with Gasteiger partial charge in [0.1, 0.15) is 17.2 Å². The van der Waals surface area contributed by atoms with E-state index in [-0.39, 0.29) is 12.1 Å². The molecule has 2 aliphatic rings. The van der Waals surface area contributed by atoms with Crippen LogP contribution >= 0.6 is 0 Å². The van der Waals surface area contributed by atoms with Gasteiger partial charge in [-0.15, -0.1) is 0 Å².